The summed E-state index contributed by atoms with van der Waals surface area (Å²) in [6, 6.07) is 0.434. The van der Waals surface area contributed by atoms with Gasteiger partial charge in [0.2, 0.25) is 0 Å². The van der Waals surface area contributed by atoms with Crippen LogP contribution in [0.3, 0.4) is 0 Å². The average molecular weight is 212 g/mol. The van der Waals surface area contributed by atoms with Gasteiger partial charge in [-0.15, -0.1) is 0 Å². The van der Waals surface area contributed by atoms with Crippen LogP contribution in [0.4, 0.5) is 0 Å². The Morgan fingerprint density at radius 3 is 2.73 bits per heavy atom. The lowest BCUT2D eigenvalue weighted by molar-refractivity contribution is 0.283. The highest BCUT2D eigenvalue weighted by atomic mass is 15.1. The maximum Gasteiger partial charge on any atom is 0.00363 e. The van der Waals surface area contributed by atoms with Gasteiger partial charge in [-0.2, -0.15) is 0 Å². The fourth-order valence-corrected chi connectivity index (χ4v) is 2.48. The van der Waals surface area contributed by atoms with Gasteiger partial charge < -0.3 is 10.6 Å². The van der Waals surface area contributed by atoms with Crippen LogP contribution in [0.25, 0.3) is 0 Å². The number of hydrogen-bond donors (Lipinski definition) is 1. The molecule has 90 valence electrons. The van der Waals surface area contributed by atoms with E-state index in [4.69, 9.17) is 5.73 Å². The highest BCUT2D eigenvalue weighted by Crippen LogP contribution is 2.22. The SMILES string of the molecule is CCC(N)CCC1CCN(CC(C)C)C1. The fraction of sp³-hybridized carbons (Fsp3) is 1.00. The second-order valence-corrected chi connectivity index (χ2v) is 5.55. The lowest BCUT2D eigenvalue weighted by Gasteiger charge is -2.18. The molecular formula is C13H28N2. The summed E-state index contributed by atoms with van der Waals surface area (Å²) in [4.78, 5) is 2.62. The molecule has 0 aromatic rings. The van der Waals surface area contributed by atoms with Crippen molar-refractivity contribution < 1.29 is 0 Å². The molecule has 1 fully saturated rings. The van der Waals surface area contributed by atoms with Crippen LogP contribution < -0.4 is 5.73 Å². The molecule has 0 radical (unpaired) electrons. The Labute approximate surface area is 95.2 Å². The Balaban J connectivity index is 2.13. The van der Waals surface area contributed by atoms with E-state index in [0.29, 0.717) is 6.04 Å². The highest BCUT2D eigenvalue weighted by molar-refractivity contribution is 4.77. The van der Waals surface area contributed by atoms with E-state index in [2.05, 4.69) is 25.7 Å². The van der Waals surface area contributed by atoms with Gasteiger partial charge in [0.15, 0.2) is 0 Å². The van der Waals surface area contributed by atoms with Gasteiger partial charge in [0.05, 0.1) is 0 Å². The quantitative estimate of drug-likeness (QED) is 0.733. The summed E-state index contributed by atoms with van der Waals surface area (Å²) < 4.78 is 0. The minimum Gasteiger partial charge on any atom is -0.328 e. The van der Waals surface area contributed by atoms with Crippen LogP contribution in [0.15, 0.2) is 0 Å². The van der Waals surface area contributed by atoms with Crippen molar-refractivity contribution in [1.82, 2.24) is 4.90 Å². The lowest BCUT2D eigenvalue weighted by atomic mass is 9.98. The molecular weight excluding hydrogens is 184 g/mol. The predicted octanol–water partition coefficient (Wildman–Crippen LogP) is 2.48. The van der Waals surface area contributed by atoms with Crippen LogP contribution in [-0.2, 0) is 0 Å². The first-order valence-electron chi connectivity index (χ1n) is 6.59. The molecule has 0 amide bonds. The summed E-state index contributed by atoms with van der Waals surface area (Å²) in [5.41, 5.74) is 5.95. The number of hydrogen-bond acceptors (Lipinski definition) is 2. The molecule has 0 aromatic heterocycles. The third-order valence-corrected chi connectivity index (χ3v) is 3.46. The molecule has 0 aromatic carbocycles. The molecule has 1 heterocycles. The van der Waals surface area contributed by atoms with E-state index in [-0.39, 0.29) is 0 Å². The van der Waals surface area contributed by atoms with Crippen molar-refractivity contribution in [2.45, 2.75) is 52.5 Å². The van der Waals surface area contributed by atoms with E-state index in [0.717, 1.165) is 18.3 Å². The molecule has 0 aliphatic carbocycles. The van der Waals surface area contributed by atoms with Gasteiger partial charge in [-0.25, -0.2) is 0 Å². The van der Waals surface area contributed by atoms with Gasteiger partial charge >= 0.3 is 0 Å². The van der Waals surface area contributed by atoms with Crippen molar-refractivity contribution in [2.24, 2.45) is 17.6 Å². The third kappa shape index (κ3) is 4.98. The molecule has 2 unspecified atom stereocenters. The van der Waals surface area contributed by atoms with Gasteiger partial charge in [0.25, 0.3) is 0 Å². The number of rotatable bonds is 6. The van der Waals surface area contributed by atoms with Crippen molar-refractivity contribution in [3.8, 4) is 0 Å². The normalized spacial score (nSPS) is 25.0. The summed E-state index contributed by atoms with van der Waals surface area (Å²) in [6.07, 6.45) is 5.08. The number of nitrogens with zero attached hydrogens (tertiary/aromatic N) is 1. The zero-order valence-corrected chi connectivity index (χ0v) is 10.7. The predicted molar refractivity (Wildman–Crippen MR) is 66.9 cm³/mol. The maximum atomic E-state index is 5.95. The zero-order valence-electron chi connectivity index (χ0n) is 10.7. The summed E-state index contributed by atoms with van der Waals surface area (Å²) in [5, 5.41) is 0. The first-order valence-corrected chi connectivity index (χ1v) is 6.59. The summed E-state index contributed by atoms with van der Waals surface area (Å²) in [7, 11) is 0. The van der Waals surface area contributed by atoms with E-state index in [1.54, 1.807) is 0 Å². The Morgan fingerprint density at radius 2 is 2.13 bits per heavy atom. The van der Waals surface area contributed by atoms with Crippen LogP contribution in [0.1, 0.15) is 46.5 Å². The molecule has 15 heavy (non-hydrogen) atoms. The molecule has 0 spiro atoms. The smallest absolute Gasteiger partial charge is 0.00363 e. The minimum atomic E-state index is 0.434. The van der Waals surface area contributed by atoms with Crippen molar-refractivity contribution >= 4 is 0 Å². The summed E-state index contributed by atoms with van der Waals surface area (Å²) in [6.45, 7) is 10.7. The van der Waals surface area contributed by atoms with E-state index in [9.17, 15) is 0 Å². The third-order valence-electron chi connectivity index (χ3n) is 3.46. The lowest BCUT2D eigenvalue weighted by Crippen LogP contribution is -2.25. The molecule has 2 nitrogen and oxygen atoms in total. The van der Waals surface area contributed by atoms with E-state index in [1.165, 1.54) is 38.9 Å². The Kier molecular flexibility index (Phi) is 5.62. The minimum absolute atomic E-state index is 0.434. The van der Waals surface area contributed by atoms with Crippen molar-refractivity contribution in [3.05, 3.63) is 0 Å². The van der Waals surface area contributed by atoms with Gasteiger partial charge in [0, 0.05) is 19.1 Å². The second-order valence-electron chi connectivity index (χ2n) is 5.55. The monoisotopic (exact) mass is 212 g/mol. The van der Waals surface area contributed by atoms with Crippen LogP contribution in [0.2, 0.25) is 0 Å². The molecule has 2 N–H and O–H groups in total. The largest absolute Gasteiger partial charge is 0.328 e. The first kappa shape index (κ1) is 13.0. The van der Waals surface area contributed by atoms with Gasteiger partial charge in [-0.1, -0.05) is 20.8 Å². The van der Waals surface area contributed by atoms with Gasteiger partial charge in [0.1, 0.15) is 0 Å². The van der Waals surface area contributed by atoms with Crippen LogP contribution in [0, 0.1) is 11.8 Å². The molecule has 1 aliphatic heterocycles. The molecule has 0 bridgehead atoms. The Hall–Kier alpha value is -0.0800. The molecule has 1 aliphatic rings. The Bertz CT molecular complexity index is 168. The Morgan fingerprint density at radius 1 is 1.40 bits per heavy atom. The summed E-state index contributed by atoms with van der Waals surface area (Å²) >= 11 is 0. The fourth-order valence-electron chi connectivity index (χ4n) is 2.48. The van der Waals surface area contributed by atoms with Crippen LogP contribution in [-0.4, -0.2) is 30.6 Å². The van der Waals surface area contributed by atoms with Gasteiger partial charge in [-0.3, -0.25) is 0 Å². The van der Waals surface area contributed by atoms with Crippen molar-refractivity contribution in [3.63, 3.8) is 0 Å². The zero-order chi connectivity index (χ0) is 11.3. The maximum absolute atomic E-state index is 5.95. The van der Waals surface area contributed by atoms with E-state index in [1.807, 2.05) is 0 Å². The topological polar surface area (TPSA) is 29.3 Å². The number of nitrogens with two attached hydrogens (primary N) is 1. The van der Waals surface area contributed by atoms with E-state index < -0.39 is 0 Å². The average Bonchev–Trinajstić information content (AvgIpc) is 2.61. The summed E-state index contributed by atoms with van der Waals surface area (Å²) in [5.74, 6) is 1.72. The second kappa shape index (κ2) is 6.49. The van der Waals surface area contributed by atoms with Crippen LogP contribution in [0.5, 0.6) is 0 Å². The van der Waals surface area contributed by atoms with Crippen LogP contribution >= 0.6 is 0 Å². The standard InChI is InChI=1S/C13H28N2/c1-4-13(14)6-5-12-7-8-15(10-12)9-11(2)3/h11-13H,4-10,14H2,1-3H3. The van der Waals surface area contributed by atoms with E-state index >= 15 is 0 Å². The molecule has 0 saturated carbocycles. The number of likely N-dealkylation sites (tertiary alicyclic amines) is 1. The highest BCUT2D eigenvalue weighted by Gasteiger charge is 2.22. The molecule has 1 rings (SSSR count). The molecule has 2 atom stereocenters. The molecule has 1 saturated heterocycles. The van der Waals surface area contributed by atoms with Crippen molar-refractivity contribution in [1.29, 1.82) is 0 Å². The molecule has 2 heteroatoms. The first-order chi connectivity index (χ1) is 7.11. The van der Waals surface area contributed by atoms with Crippen molar-refractivity contribution in [2.75, 3.05) is 19.6 Å². The van der Waals surface area contributed by atoms with Gasteiger partial charge in [-0.05, 0) is 44.1 Å².